The maximum Gasteiger partial charge on any atom is 0.453 e. The molecule has 0 radical (unpaired) electrons. The Labute approximate surface area is 163 Å². The van der Waals surface area contributed by atoms with Gasteiger partial charge in [-0.1, -0.05) is 32.0 Å². The summed E-state index contributed by atoms with van der Waals surface area (Å²) < 4.78 is 105. The van der Waals surface area contributed by atoms with Crippen molar-refractivity contribution in [2.45, 2.75) is 44.4 Å². The Bertz CT molecular complexity index is 766. The minimum atomic E-state index is -6.03. The van der Waals surface area contributed by atoms with Gasteiger partial charge in [-0.05, 0) is 24.5 Å². The van der Waals surface area contributed by atoms with Crippen LogP contribution < -0.4 is 5.30 Å². The van der Waals surface area contributed by atoms with E-state index in [1.54, 1.807) is 0 Å². The second-order valence-corrected chi connectivity index (χ2v) is 9.52. The minimum absolute atomic E-state index is 0.0802. The SMILES string of the molecule is COP(=O)(CN1[C@@H](CC(C)C)C(=O)OC1(C(F)(F)F)C(F)(F)F)c1ccccc1. The predicted molar refractivity (Wildman–Crippen MR) is 91.6 cm³/mol. The van der Waals surface area contributed by atoms with Gasteiger partial charge in [-0.3, -0.25) is 9.36 Å². The van der Waals surface area contributed by atoms with Crippen LogP contribution in [0.3, 0.4) is 0 Å². The third kappa shape index (κ3) is 4.18. The molecule has 2 rings (SSSR count). The van der Waals surface area contributed by atoms with Crippen molar-refractivity contribution in [2.75, 3.05) is 13.4 Å². The predicted octanol–water partition coefficient (Wildman–Crippen LogP) is 4.29. The Morgan fingerprint density at radius 1 is 1.14 bits per heavy atom. The molecule has 1 fully saturated rings. The van der Waals surface area contributed by atoms with Crippen molar-refractivity contribution in [3.63, 3.8) is 0 Å². The van der Waals surface area contributed by atoms with E-state index in [1.165, 1.54) is 44.2 Å². The maximum absolute atomic E-state index is 13.8. The van der Waals surface area contributed by atoms with Crippen LogP contribution in [0.4, 0.5) is 26.3 Å². The van der Waals surface area contributed by atoms with Crippen LogP contribution in [0.2, 0.25) is 0 Å². The van der Waals surface area contributed by atoms with E-state index in [2.05, 4.69) is 4.74 Å². The summed E-state index contributed by atoms with van der Waals surface area (Å²) >= 11 is 0. The fraction of sp³-hybridized carbons (Fsp3) is 0.588. The first kappa shape index (κ1) is 23.7. The highest BCUT2D eigenvalue weighted by atomic mass is 31.2. The Morgan fingerprint density at radius 2 is 1.66 bits per heavy atom. The molecule has 1 aromatic rings. The lowest BCUT2D eigenvalue weighted by Gasteiger charge is -2.40. The van der Waals surface area contributed by atoms with E-state index < -0.39 is 49.7 Å². The number of ether oxygens (including phenoxy) is 1. The number of rotatable bonds is 6. The largest absolute Gasteiger partial charge is 0.453 e. The molecule has 164 valence electrons. The van der Waals surface area contributed by atoms with Crippen LogP contribution in [0, 0.1) is 5.92 Å². The molecule has 0 aliphatic carbocycles. The van der Waals surface area contributed by atoms with Crippen molar-refractivity contribution in [2.24, 2.45) is 5.92 Å². The molecule has 1 unspecified atom stereocenters. The number of hydrogen-bond acceptors (Lipinski definition) is 5. The highest BCUT2D eigenvalue weighted by molar-refractivity contribution is 7.66. The molecule has 1 heterocycles. The monoisotopic (exact) mass is 447 g/mol. The number of carbonyl (C=O) groups excluding carboxylic acids is 1. The van der Waals surface area contributed by atoms with Gasteiger partial charge in [0.15, 0.2) is 0 Å². The molecule has 0 N–H and O–H groups in total. The van der Waals surface area contributed by atoms with Crippen LogP contribution in [-0.4, -0.2) is 48.4 Å². The van der Waals surface area contributed by atoms with Crippen molar-refractivity contribution in [3.05, 3.63) is 30.3 Å². The molecule has 0 spiro atoms. The Morgan fingerprint density at radius 3 is 2.07 bits per heavy atom. The molecular weight excluding hydrogens is 427 g/mol. The number of cyclic esters (lactones) is 1. The zero-order chi connectivity index (χ0) is 22.3. The fourth-order valence-electron chi connectivity index (χ4n) is 3.19. The van der Waals surface area contributed by atoms with E-state index in [1.807, 2.05) is 0 Å². The van der Waals surface area contributed by atoms with Gasteiger partial charge in [0.25, 0.3) is 0 Å². The fourth-order valence-corrected chi connectivity index (χ4v) is 5.10. The summed E-state index contributed by atoms with van der Waals surface area (Å²) in [5.74, 6) is -2.12. The first-order valence-corrected chi connectivity index (χ1v) is 10.3. The molecule has 1 aliphatic rings. The van der Waals surface area contributed by atoms with Gasteiger partial charge in [0.2, 0.25) is 7.37 Å². The quantitative estimate of drug-likeness (QED) is 0.370. The third-order valence-corrected chi connectivity index (χ3v) is 6.90. The lowest BCUT2D eigenvalue weighted by molar-refractivity contribution is -0.400. The lowest BCUT2D eigenvalue weighted by atomic mass is 10.0. The Balaban J connectivity index is 2.67. The van der Waals surface area contributed by atoms with E-state index >= 15 is 0 Å². The van der Waals surface area contributed by atoms with E-state index in [9.17, 15) is 35.7 Å². The maximum atomic E-state index is 13.8. The van der Waals surface area contributed by atoms with Crippen LogP contribution in [0.1, 0.15) is 20.3 Å². The Hall–Kier alpha value is -1.58. The van der Waals surface area contributed by atoms with Crippen LogP contribution in [0.5, 0.6) is 0 Å². The Kier molecular flexibility index (Phi) is 6.47. The second kappa shape index (κ2) is 7.92. The van der Waals surface area contributed by atoms with E-state index in [0.29, 0.717) is 0 Å². The summed E-state index contributed by atoms with van der Waals surface area (Å²) in [4.78, 5) is 11.9. The van der Waals surface area contributed by atoms with Gasteiger partial charge in [-0.25, -0.2) is 4.90 Å². The summed E-state index contributed by atoms with van der Waals surface area (Å²) in [6.07, 6.45) is -13.7. The van der Waals surface area contributed by atoms with Crippen LogP contribution >= 0.6 is 7.37 Å². The first-order chi connectivity index (χ1) is 13.2. The van der Waals surface area contributed by atoms with Crippen molar-refractivity contribution in [3.8, 4) is 0 Å². The minimum Gasteiger partial charge on any atom is -0.423 e. The highest BCUT2D eigenvalue weighted by Crippen LogP contribution is 2.57. The third-order valence-electron chi connectivity index (χ3n) is 4.55. The zero-order valence-electron chi connectivity index (χ0n) is 15.8. The summed E-state index contributed by atoms with van der Waals surface area (Å²) in [5.41, 5.74) is -4.92. The number of esters is 1. The van der Waals surface area contributed by atoms with Gasteiger partial charge in [0.1, 0.15) is 6.04 Å². The number of benzene rings is 1. The number of alkyl halides is 6. The van der Waals surface area contributed by atoms with Gasteiger partial charge in [0, 0.05) is 12.4 Å². The molecule has 5 nitrogen and oxygen atoms in total. The average Bonchev–Trinajstić information content (AvgIpc) is 2.88. The molecule has 1 aliphatic heterocycles. The molecule has 0 aromatic heterocycles. The van der Waals surface area contributed by atoms with E-state index in [0.717, 1.165) is 7.11 Å². The molecule has 0 amide bonds. The molecule has 0 bridgehead atoms. The molecule has 2 atom stereocenters. The number of carbonyl (C=O) groups is 1. The number of nitrogens with zero attached hydrogens (tertiary/aromatic N) is 1. The van der Waals surface area contributed by atoms with Crippen LogP contribution in [0.15, 0.2) is 30.3 Å². The smallest absolute Gasteiger partial charge is 0.423 e. The summed E-state index contributed by atoms with van der Waals surface area (Å²) in [7, 11) is -3.31. The van der Waals surface area contributed by atoms with Gasteiger partial charge in [-0.2, -0.15) is 26.3 Å². The molecular formula is C17H20F6NO4P. The zero-order valence-corrected chi connectivity index (χ0v) is 16.6. The first-order valence-electron chi connectivity index (χ1n) is 8.53. The van der Waals surface area contributed by atoms with Crippen molar-refractivity contribution < 1.29 is 45.0 Å². The van der Waals surface area contributed by atoms with E-state index in [-0.39, 0.29) is 16.6 Å². The van der Waals surface area contributed by atoms with Crippen molar-refractivity contribution in [1.82, 2.24) is 4.90 Å². The molecule has 1 aromatic carbocycles. The standard InChI is InChI=1S/C17H20F6NO4P/c1-11(2)9-13-14(25)28-15(16(18,19)20,17(21,22)23)24(13)10-29(26,27-3)12-7-5-4-6-8-12/h4-8,11,13H,9-10H2,1-3H3/t13-,29?/m0/s1. The molecule has 0 saturated carbocycles. The van der Waals surface area contributed by atoms with Crippen LogP contribution in [-0.2, 0) is 18.6 Å². The number of halogens is 6. The molecule has 29 heavy (non-hydrogen) atoms. The van der Waals surface area contributed by atoms with E-state index in [4.69, 9.17) is 4.52 Å². The van der Waals surface area contributed by atoms with Gasteiger partial charge >= 0.3 is 24.0 Å². The second-order valence-electron chi connectivity index (χ2n) is 7.01. The molecule has 12 heteroatoms. The van der Waals surface area contributed by atoms with Gasteiger partial charge < -0.3 is 9.26 Å². The summed E-state index contributed by atoms with van der Waals surface area (Å²) in [5, 5.41) is -0.0802. The molecule has 1 saturated heterocycles. The van der Waals surface area contributed by atoms with Crippen molar-refractivity contribution in [1.29, 1.82) is 0 Å². The average molecular weight is 447 g/mol. The van der Waals surface area contributed by atoms with Crippen LogP contribution in [0.25, 0.3) is 0 Å². The van der Waals surface area contributed by atoms with Gasteiger partial charge in [-0.15, -0.1) is 0 Å². The lowest BCUT2D eigenvalue weighted by Crippen LogP contribution is -2.67. The topological polar surface area (TPSA) is 55.8 Å². The summed E-state index contributed by atoms with van der Waals surface area (Å²) in [6.45, 7) is 3.06. The summed E-state index contributed by atoms with van der Waals surface area (Å²) in [6, 6.07) is 5.00. The van der Waals surface area contributed by atoms with Crippen molar-refractivity contribution >= 4 is 18.6 Å². The normalized spacial score (nSPS) is 22.6. The van der Waals surface area contributed by atoms with Gasteiger partial charge in [0.05, 0.1) is 6.29 Å². The number of hydrogen-bond donors (Lipinski definition) is 0. The highest BCUT2D eigenvalue weighted by Gasteiger charge is 2.82.